The molecule has 0 aromatic heterocycles. The quantitative estimate of drug-likeness (QED) is 0.827. The van der Waals surface area contributed by atoms with E-state index in [0.717, 1.165) is 19.4 Å². The van der Waals surface area contributed by atoms with E-state index >= 15 is 0 Å². The third kappa shape index (κ3) is 4.71. The van der Waals surface area contributed by atoms with E-state index in [4.69, 9.17) is 16.3 Å². The van der Waals surface area contributed by atoms with Crippen LogP contribution >= 0.6 is 11.6 Å². The number of carbonyl (C=O) groups is 1. The first kappa shape index (κ1) is 17.7. The van der Waals surface area contributed by atoms with Crippen molar-refractivity contribution in [3.05, 3.63) is 64.9 Å². The summed E-state index contributed by atoms with van der Waals surface area (Å²) in [4.78, 5) is 12.7. The molecule has 1 amide bonds. The molecule has 2 aromatic carbocycles. The molecule has 2 unspecified atom stereocenters. The number of rotatable bonds is 6. The first-order valence-electron chi connectivity index (χ1n) is 8.31. The summed E-state index contributed by atoms with van der Waals surface area (Å²) in [7, 11) is 0. The summed E-state index contributed by atoms with van der Waals surface area (Å²) in [5, 5.41) is 6.40. The SMILES string of the molecule is O=C(NCC1CCCN1)C(Oc1ccc(F)cc1Cl)c1ccccc1. The number of halogens is 2. The van der Waals surface area contributed by atoms with E-state index in [1.807, 2.05) is 30.3 Å². The fourth-order valence-corrected chi connectivity index (χ4v) is 3.06. The monoisotopic (exact) mass is 362 g/mol. The summed E-state index contributed by atoms with van der Waals surface area (Å²) in [6.07, 6.45) is 1.30. The van der Waals surface area contributed by atoms with Gasteiger partial charge in [0, 0.05) is 18.2 Å². The average Bonchev–Trinajstić information content (AvgIpc) is 3.13. The summed E-state index contributed by atoms with van der Waals surface area (Å²) in [5.74, 6) is -0.434. The Labute approximate surface area is 151 Å². The second-order valence-electron chi connectivity index (χ2n) is 6.02. The van der Waals surface area contributed by atoms with Gasteiger partial charge in [-0.25, -0.2) is 4.39 Å². The van der Waals surface area contributed by atoms with Crippen LogP contribution in [0.15, 0.2) is 48.5 Å². The van der Waals surface area contributed by atoms with Gasteiger partial charge in [0.2, 0.25) is 6.10 Å². The lowest BCUT2D eigenvalue weighted by Crippen LogP contribution is -2.40. The molecule has 1 aliphatic rings. The molecule has 0 aliphatic carbocycles. The van der Waals surface area contributed by atoms with Gasteiger partial charge >= 0.3 is 0 Å². The van der Waals surface area contributed by atoms with E-state index in [2.05, 4.69) is 10.6 Å². The zero-order valence-corrected chi connectivity index (χ0v) is 14.4. The molecular formula is C19H20ClFN2O2. The highest BCUT2D eigenvalue weighted by atomic mass is 35.5. The van der Waals surface area contributed by atoms with Gasteiger partial charge in [-0.15, -0.1) is 0 Å². The van der Waals surface area contributed by atoms with Gasteiger partial charge in [-0.1, -0.05) is 41.9 Å². The van der Waals surface area contributed by atoms with Crippen molar-refractivity contribution in [2.75, 3.05) is 13.1 Å². The molecule has 25 heavy (non-hydrogen) atoms. The van der Waals surface area contributed by atoms with Crippen LogP contribution in [0.3, 0.4) is 0 Å². The Morgan fingerprint density at radius 1 is 1.32 bits per heavy atom. The number of nitrogens with one attached hydrogen (secondary N) is 2. The summed E-state index contributed by atoms with van der Waals surface area (Å²) >= 11 is 6.04. The lowest BCUT2D eigenvalue weighted by molar-refractivity contribution is -0.128. The van der Waals surface area contributed by atoms with Crippen molar-refractivity contribution in [2.45, 2.75) is 25.0 Å². The highest BCUT2D eigenvalue weighted by Crippen LogP contribution is 2.30. The average molecular weight is 363 g/mol. The fraction of sp³-hybridized carbons (Fsp3) is 0.316. The van der Waals surface area contributed by atoms with Gasteiger partial charge in [0.15, 0.2) is 0 Å². The van der Waals surface area contributed by atoms with Gasteiger partial charge in [-0.05, 0) is 37.6 Å². The smallest absolute Gasteiger partial charge is 0.265 e. The molecule has 2 atom stereocenters. The minimum Gasteiger partial charge on any atom is -0.474 e. The second-order valence-corrected chi connectivity index (χ2v) is 6.43. The van der Waals surface area contributed by atoms with Gasteiger partial charge in [0.25, 0.3) is 5.91 Å². The van der Waals surface area contributed by atoms with Crippen LogP contribution in [-0.2, 0) is 4.79 Å². The minimum atomic E-state index is -0.856. The van der Waals surface area contributed by atoms with Crippen molar-refractivity contribution in [2.24, 2.45) is 0 Å². The molecule has 1 heterocycles. The Morgan fingerprint density at radius 2 is 2.12 bits per heavy atom. The number of ether oxygens (including phenoxy) is 1. The summed E-state index contributed by atoms with van der Waals surface area (Å²) in [6.45, 7) is 1.52. The maximum absolute atomic E-state index is 13.2. The van der Waals surface area contributed by atoms with Gasteiger partial charge in [-0.2, -0.15) is 0 Å². The normalized spacial score (nSPS) is 17.9. The molecule has 1 fully saturated rings. The van der Waals surface area contributed by atoms with E-state index in [-0.39, 0.29) is 22.7 Å². The van der Waals surface area contributed by atoms with Crippen molar-refractivity contribution < 1.29 is 13.9 Å². The van der Waals surface area contributed by atoms with Crippen LogP contribution in [0, 0.1) is 5.82 Å². The van der Waals surface area contributed by atoms with Crippen LogP contribution in [0.2, 0.25) is 5.02 Å². The molecular weight excluding hydrogens is 343 g/mol. The Bertz CT molecular complexity index is 721. The third-order valence-electron chi connectivity index (χ3n) is 4.16. The maximum atomic E-state index is 13.2. The number of amides is 1. The maximum Gasteiger partial charge on any atom is 0.265 e. The summed E-state index contributed by atoms with van der Waals surface area (Å²) < 4.78 is 19.1. The van der Waals surface area contributed by atoms with E-state index in [1.165, 1.54) is 18.2 Å². The number of hydrogen-bond acceptors (Lipinski definition) is 3. The molecule has 0 radical (unpaired) electrons. The van der Waals surface area contributed by atoms with Gasteiger partial charge in [0.05, 0.1) is 5.02 Å². The van der Waals surface area contributed by atoms with Crippen LogP contribution < -0.4 is 15.4 Å². The van der Waals surface area contributed by atoms with Crippen molar-refractivity contribution in [1.29, 1.82) is 0 Å². The van der Waals surface area contributed by atoms with Crippen LogP contribution in [0.1, 0.15) is 24.5 Å². The molecule has 0 bridgehead atoms. The Morgan fingerprint density at radius 3 is 2.80 bits per heavy atom. The van der Waals surface area contributed by atoms with Crippen LogP contribution in [-0.4, -0.2) is 25.0 Å². The Balaban J connectivity index is 1.76. The molecule has 0 spiro atoms. The van der Waals surface area contributed by atoms with Gasteiger partial charge < -0.3 is 15.4 Å². The van der Waals surface area contributed by atoms with Crippen LogP contribution in [0.4, 0.5) is 4.39 Å². The van der Waals surface area contributed by atoms with Gasteiger partial charge in [0.1, 0.15) is 11.6 Å². The number of carbonyl (C=O) groups excluding carboxylic acids is 1. The number of hydrogen-bond donors (Lipinski definition) is 2. The Hall–Kier alpha value is -2.11. The minimum absolute atomic E-state index is 0.131. The first-order chi connectivity index (χ1) is 12.1. The predicted octanol–water partition coefficient (Wildman–Crippen LogP) is 3.47. The lowest BCUT2D eigenvalue weighted by Gasteiger charge is -2.21. The van der Waals surface area contributed by atoms with E-state index < -0.39 is 11.9 Å². The van der Waals surface area contributed by atoms with Crippen molar-refractivity contribution in [3.63, 3.8) is 0 Å². The zero-order chi connectivity index (χ0) is 17.6. The predicted molar refractivity (Wildman–Crippen MR) is 95.3 cm³/mol. The third-order valence-corrected chi connectivity index (χ3v) is 4.46. The second kappa shape index (κ2) is 8.32. The fourth-order valence-electron chi connectivity index (χ4n) is 2.85. The largest absolute Gasteiger partial charge is 0.474 e. The standard InChI is InChI=1S/C19H20ClFN2O2/c20-16-11-14(21)8-9-17(16)25-18(13-5-2-1-3-6-13)19(24)23-12-15-7-4-10-22-15/h1-3,5-6,8-9,11,15,18,22H,4,7,10,12H2,(H,23,24). The van der Waals surface area contributed by atoms with E-state index in [0.29, 0.717) is 12.1 Å². The molecule has 2 N–H and O–H groups in total. The highest BCUT2D eigenvalue weighted by molar-refractivity contribution is 6.32. The summed E-state index contributed by atoms with van der Waals surface area (Å²) in [6, 6.07) is 13.3. The van der Waals surface area contributed by atoms with Crippen molar-refractivity contribution in [3.8, 4) is 5.75 Å². The molecule has 4 nitrogen and oxygen atoms in total. The van der Waals surface area contributed by atoms with Gasteiger partial charge in [-0.3, -0.25) is 4.79 Å². The Kier molecular flexibility index (Phi) is 5.89. The molecule has 1 saturated heterocycles. The topological polar surface area (TPSA) is 50.4 Å². The summed E-state index contributed by atoms with van der Waals surface area (Å²) in [5.41, 5.74) is 0.708. The molecule has 6 heteroatoms. The molecule has 2 aromatic rings. The molecule has 3 rings (SSSR count). The molecule has 132 valence electrons. The molecule has 0 saturated carbocycles. The number of benzene rings is 2. The highest BCUT2D eigenvalue weighted by Gasteiger charge is 2.25. The lowest BCUT2D eigenvalue weighted by atomic mass is 10.1. The van der Waals surface area contributed by atoms with E-state index in [9.17, 15) is 9.18 Å². The van der Waals surface area contributed by atoms with Crippen LogP contribution in [0.5, 0.6) is 5.75 Å². The van der Waals surface area contributed by atoms with Crippen LogP contribution in [0.25, 0.3) is 0 Å². The van der Waals surface area contributed by atoms with E-state index in [1.54, 1.807) is 0 Å². The van der Waals surface area contributed by atoms with Crippen molar-refractivity contribution >= 4 is 17.5 Å². The first-order valence-corrected chi connectivity index (χ1v) is 8.69. The zero-order valence-electron chi connectivity index (χ0n) is 13.7. The molecule has 1 aliphatic heterocycles. The van der Waals surface area contributed by atoms with Crippen molar-refractivity contribution in [1.82, 2.24) is 10.6 Å².